The van der Waals surface area contributed by atoms with Crippen LogP contribution in [0.15, 0.2) is 54.6 Å². The summed E-state index contributed by atoms with van der Waals surface area (Å²) in [4.78, 5) is 28.5. The van der Waals surface area contributed by atoms with Crippen LogP contribution in [-0.4, -0.2) is 30.1 Å². The molecule has 138 valence electrons. The smallest absolute Gasteiger partial charge is 0.357 e. The third-order valence-corrected chi connectivity index (χ3v) is 3.87. The monoisotopic (exact) mass is 384 g/mol. The molecular formula is C20H17ClN2O4. The minimum Gasteiger partial charge on any atom is -0.483 e. The summed E-state index contributed by atoms with van der Waals surface area (Å²) >= 11 is 6.06. The molecule has 0 saturated carbocycles. The molecule has 1 aromatic heterocycles. The Hall–Kier alpha value is -3.12. The van der Waals surface area contributed by atoms with Crippen LogP contribution in [0.5, 0.6) is 5.75 Å². The molecule has 0 aliphatic rings. The number of nitrogens with zero attached hydrogens (tertiary/aromatic N) is 1. The van der Waals surface area contributed by atoms with E-state index in [-0.39, 0.29) is 24.8 Å². The molecule has 0 spiro atoms. The van der Waals surface area contributed by atoms with Gasteiger partial charge in [-0.1, -0.05) is 29.8 Å². The Morgan fingerprint density at radius 1 is 1.11 bits per heavy atom. The summed E-state index contributed by atoms with van der Waals surface area (Å²) in [5, 5.41) is 3.82. The molecule has 0 bridgehead atoms. The second-order valence-corrected chi connectivity index (χ2v) is 6.03. The molecule has 0 atom stereocenters. The summed E-state index contributed by atoms with van der Waals surface area (Å²) in [6.45, 7) is 1.71. The van der Waals surface area contributed by atoms with E-state index in [2.05, 4.69) is 10.3 Å². The van der Waals surface area contributed by atoms with E-state index in [1.54, 1.807) is 37.3 Å². The summed E-state index contributed by atoms with van der Waals surface area (Å²) in [6, 6.07) is 15.5. The van der Waals surface area contributed by atoms with Crippen molar-refractivity contribution in [3.63, 3.8) is 0 Å². The van der Waals surface area contributed by atoms with Crippen LogP contribution in [0.3, 0.4) is 0 Å². The number of amides is 1. The van der Waals surface area contributed by atoms with Crippen LogP contribution in [-0.2, 0) is 9.53 Å². The average molecular weight is 385 g/mol. The number of carbonyl (C=O) groups excluding carboxylic acids is 2. The molecule has 0 radical (unpaired) electrons. The minimum atomic E-state index is -0.562. The van der Waals surface area contributed by atoms with Gasteiger partial charge in [0.1, 0.15) is 5.75 Å². The third kappa shape index (κ3) is 4.74. The topological polar surface area (TPSA) is 77.5 Å². The van der Waals surface area contributed by atoms with Gasteiger partial charge in [-0.15, -0.1) is 0 Å². The molecule has 1 amide bonds. The lowest BCUT2D eigenvalue weighted by Crippen LogP contribution is -2.20. The Kier molecular flexibility index (Phi) is 5.88. The van der Waals surface area contributed by atoms with Crippen molar-refractivity contribution in [3.8, 4) is 5.75 Å². The number of aromatic nitrogens is 1. The van der Waals surface area contributed by atoms with Crippen LogP contribution in [0.4, 0.5) is 5.69 Å². The van der Waals surface area contributed by atoms with Gasteiger partial charge in [0.15, 0.2) is 12.3 Å². The number of ether oxygens (including phenoxy) is 2. The number of rotatable bonds is 6. The van der Waals surface area contributed by atoms with Crippen LogP contribution < -0.4 is 10.1 Å². The van der Waals surface area contributed by atoms with Crippen LogP contribution in [0, 0.1) is 0 Å². The van der Waals surface area contributed by atoms with Gasteiger partial charge in [0.25, 0.3) is 5.91 Å². The number of benzene rings is 2. The van der Waals surface area contributed by atoms with Gasteiger partial charge >= 0.3 is 5.97 Å². The van der Waals surface area contributed by atoms with Gasteiger partial charge in [-0.25, -0.2) is 9.78 Å². The number of carbonyl (C=O) groups is 2. The molecule has 1 N–H and O–H groups in total. The van der Waals surface area contributed by atoms with Crippen molar-refractivity contribution in [1.82, 2.24) is 4.98 Å². The van der Waals surface area contributed by atoms with Crippen LogP contribution in [0.1, 0.15) is 17.4 Å². The molecule has 7 heteroatoms. The molecule has 3 aromatic rings. The van der Waals surface area contributed by atoms with Crippen molar-refractivity contribution in [2.75, 3.05) is 18.5 Å². The average Bonchev–Trinajstić information content (AvgIpc) is 2.67. The van der Waals surface area contributed by atoms with E-state index in [4.69, 9.17) is 21.1 Å². The summed E-state index contributed by atoms with van der Waals surface area (Å²) in [5.74, 6) is -0.562. The zero-order valence-corrected chi connectivity index (χ0v) is 15.3. The zero-order valence-electron chi connectivity index (χ0n) is 14.6. The Morgan fingerprint density at radius 2 is 1.89 bits per heavy atom. The zero-order chi connectivity index (χ0) is 19.2. The number of esters is 1. The fraction of sp³-hybridized carbons (Fsp3) is 0.150. The first-order valence-corrected chi connectivity index (χ1v) is 8.69. The van der Waals surface area contributed by atoms with Gasteiger partial charge < -0.3 is 14.8 Å². The molecule has 0 saturated heterocycles. The standard InChI is InChI=1S/C20H17ClN2O4/c1-2-26-20(25)17-11-18(15-10-13(21)8-9-16(15)23-17)27-12-19(24)22-14-6-4-3-5-7-14/h3-11H,2,12H2,1H3,(H,22,24). The lowest BCUT2D eigenvalue weighted by molar-refractivity contribution is -0.118. The number of para-hydroxylation sites is 1. The number of hydrogen-bond acceptors (Lipinski definition) is 5. The van der Waals surface area contributed by atoms with Crippen molar-refractivity contribution >= 4 is 40.1 Å². The molecule has 1 heterocycles. The number of pyridine rings is 1. The minimum absolute atomic E-state index is 0.102. The molecule has 0 unspecified atom stereocenters. The van der Waals surface area contributed by atoms with Crippen molar-refractivity contribution in [3.05, 3.63) is 65.3 Å². The van der Waals surface area contributed by atoms with E-state index in [1.165, 1.54) is 6.07 Å². The second kappa shape index (κ2) is 8.51. The van der Waals surface area contributed by atoms with E-state index in [0.29, 0.717) is 27.4 Å². The fourth-order valence-corrected chi connectivity index (χ4v) is 2.63. The number of halogens is 1. The largest absolute Gasteiger partial charge is 0.483 e. The maximum absolute atomic E-state index is 12.1. The van der Waals surface area contributed by atoms with Gasteiger partial charge in [0.05, 0.1) is 12.1 Å². The van der Waals surface area contributed by atoms with Gasteiger partial charge in [0.2, 0.25) is 0 Å². The fourth-order valence-electron chi connectivity index (χ4n) is 2.46. The Bertz CT molecular complexity index is 976. The van der Waals surface area contributed by atoms with Crippen LogP contribution in [0.25, 0.3) is 10.9 Å². The van der Waals surface area contributed by atoms with E-state index in [9.17, 15) is 9.59 Å². The van der Waals surface area contributed by atoms with Crippen molar-refractivity contribution < 1.29 is 19.1 Å². The second-order valence-electron chi connectivity index (χ2n) is 5.59. The molecule has 27 heavy (non-hydrogen) atoms. The van der Waals surface area contributed by atoms with E-state index in [0.717, 1.165) is 0 Å². The summed E-state index contributed by atoms with van der Waals surface area (Å²) < 4.78 is 10.7. The molecule has 0 aliphatic carbocycles. The number of fused-ring (bicyclic) bond motifs is 1. The highest BCUT2D eigenvalue weighted by Crippen LogP contribution is 2.28. The SMILES string of the molecule is CCOC(=O)c1cc(OCC(=O)Nc2ccccc2)c2cc(Cl)ccc2n1. The maximum atomic E-state index is 12.1. The summed E-state index contributed by atoms with van der Waals surface area (Å²) in [5.41, 5.74) is 1.29. The van der Waals surface area contributed by atoms with Crippen molar-refractivity contribution in [1.29, 1.82) is 0 Å². The molecule has 2 aromatic carbocycles. The molecule has 3 rings (SSSR count). The quantitative estimate of drug-likeness (QED) is 0.648. The van der Waals surface area contributed by atoms with Gasteiger partial charge in [-0.2, -0.15) is 0 Å². The Balaban J connectivity index is 1.84. The van der Waals surface area contributed by atoms with Crippen LogP contribution in [0.2, 0.25) is 5.02 Å². The Labute approximate surface area is 161 Å². The first-order valence-electron chi connectivity index (χ1n) is 8.32. The van der Waals surface area contributed by atoms with Crippen molar-refractivity contribution in [2.45, 2.75) is 6.92 Å². The lowest BCUT2D eigenvalue weighted by atomic mass is 10.2. The third-order valence-electron chi connectivity index (χ3n) is 3.63. The normalized spacial score (nSPS) is 10.4. The predicted octanol–water partition coefficient (Wildman–Crippen LogP) is 4.08. The number of nitrogens with one attached hydrogen (secondary N) is 1. The highest BCUT2D eigenvalue weighted by molar-refractivity contribution is 6.31. The predicted molar refractivity (Wildman–Crippen MR) is 103 cm³/mol. The van der Waals surface area contributed by atoms with Gasteiger partial charge in [-0.3, -0.25) is 4.79 Å². The highest BCUT2D eigenvalue weighted by atomic mass is 35.5. The summed E-state index contributed by atoms with van der Waals surface area (Å²) in [6.07, 6.45) is 0. The maximum Gasteiger partial charge on any atom is 0.357 e. The molecule has 6 nitrogen and oxygen atoms in total. The van der Waals surface area contributed by atoms with Gasteiger partial charge in [-0.05, 0) is 37.3 Å². The summed E-state index contributed by atoms with van der Waals surface area (Å²) in [7, 11) is 0. The van der Waals surface area contributed by atoms with Crippen LogP contribution >= 0.6 is 11.6 Å². The number of anilines is 1. The highest BCUT2D eigenvalue weighted by Gasteiger charge is 2.15. The van der Waals surface area contributed by atoms with E-state index >= 15 is 0 Å². The lowest BCUT2D eigenvalue weighted by Gasteiger charge is -2.12. The molecule has 0 fully saturated rings. The van der Waals surface area contributed by atoms with E-state index < -0.39 is 5.97 Å². The number of hydrogen-bond donors (Lipinski definition) is 1. The van der Waals surface area contributed by atoms with Gasteiger partial charge in [0, 0.05) is 22.2 Å². The van der Waals surface area contributed by atoms with Crippen molar-refractivity contribution in [2.24, 2.45) is 0 Å². The molecular weight excluding hydrogens is 368 g/mol. The van der Waals surface area contributed by atoms with E-state index in [1.807, 2.05) is 18.2 Å². The first-order chi connectivity index (χ1) is 13.1. The molecule has 0 aliphatic heterocycles. The Morgan fingerprint density at radius 3 is 2.63 bits per heavy atom. The first kappa shape index (κ1) is 18.7.